The largest absolute Gasteiger partial charge is 0.478 e. The normalized spacial score (nSPS) is 25.6. The quantitative estimate of drug-likeness (QED) is 0.0605. The van der Waals surface area contributed by atoms with Crippen LogP contribution in [0.2, 0.25) is 0 Å². The van der Waals surface area contributed by atoms with Crippen LogP contribution in [0.25, 0.3) is 0 Å². The van der Waals surface area contributed by atoms with Crippen LogP contribution < -0.4 is 16.4 Å². The molecule has 3 aliphatic carbocycles. The van der Waals surface area contributed by atoms with Gasteiger partial charge in [0.25, 0.3) is 0 Å². The highest BCUT2D eigenvalue weighted by molar-refractivity contribution is 8.01. The maximum Gasteiger partial charge on any atom is 0.353 e. The molecule has 1 aromatic heterocycles. The summed E-state index contributed by atoms with van der Waals surface area (Å²) in [7, 11) is 0. The zero-order valence-electron chi connectivity index (χ0n) is 29.8. The average molecular weight is 759 g/mol. The molecule has 1 aliphatic heterocycles. The van der Waals surface area contributed by atoms with Gasteiger partial charge in [-0.25, -0.2) is 9.59 Å². The first-order valence-corrected chi connectivity index (χ1v) is 19.2. The third kappa shape index (κ3) is 8.31. The fourth-order valence-electron chi connectivity index (χ4n) is 8.83. The smallest absolute Gasteiger partial charge is 0.353 e. The Labute approximate surface area is 311 Å². The number of pyridine rings is 1. The van der Waals surface area contributed by atoms with E-state index < -0.39 is 65.3 Å². The number of thioether (sulfide) groups is 1. The standard InChI is InChI=1S/C37H50N4O11S/c1-2-35(11-3-4-12-35)36(53-20-25(30(44)41-31(45)32(46)47)40-26(43)8-14-37(38,51)34(49)50)13-7-22-19-23(18-21-9-15-39-16-10-21)24(6-5-17-42)28-27(22)29(36)52-33(28)48/h9-10,15-16,22,25,28,31,42,45,51H,2-8,11-14,17-20,38H2,1H3,(H,40,43)(H,41,44)(H,46,47)(H,49,50)/t22-,25-,28+,31-,36-,37+/m0/s1. The molecule has 6 atom stereocenters. The Morgan fingerprint density at radius 1 is 1.13 bits per heavy atom. The third-order valence-corrected chi connectivity index (χ3v) is 13.4. The number of aliphatic hydroxyl groups excluding tert-OH is 2. The number of aliphatic hydroxyl groups is 3. The highest BCUT2D eigenvalue weighted by atomic mass is 32.2. The minimum absolute atomic E-state index is 0.0332. The van der Waals surface area contributed by atoms with Crippen molar-refractivity contribution in [3.05, 3.63) is 52.6 Å². The summed E-state index contributed by atoms with van der Waals surface area (Å²) in [4.78, 5) is 67.5. The van der Waals surface area contributed by atoms with E-state index in [0.29, 0.717) is 31.4 Å². The molecule has 0 bridgehead atoms. The minimum Gasteiger partial charge on any atom is -0.478 e. The average Bonchev–Trinajstić information content (AvgIpc) is 3.76. The minimum atomic E-state index is -2.69. The van der Waals surface area contributed by atoms with Crippen molar-refractivity contribution in [3.8, 4) is 0 Å². The van der Waals surface area contributed by atoms with Crippen molar-refractivity contribution < 1.29 is 54.2 Å². The van der Waals surface area contributed by atoms with Crippen molar-refractivity contribution in [1.29, 1.82) is 0 Å². The number of aliphatic carboxylic acids is 2. The predicted molar refractivity (Wildman–Crippen MR) is 191 cm³/mol. The zero-order valence-corrected chi connectivity index (χ0v) is 30.7. The van der Waals surface area contributed by atoms with Crippen LogP contribution >= 0.6 is 11.8 Å². The summed E-state index contributed by atoms with van der Waals surface area (Å²) in [6, 6.07) is 2.51. The molecule has 0 saturated heterocycles. The number of nitrogens with zero attached hydrogens (tertiary/aromatic N) is 1. The van der Waals surface area contributed by atoms with Crippen molar-refractivity contribution in [2.75, 3.05) is 12.4 Å². The monoisotopic (exact) mass is 758 g/mol. The molecule has 0 unspecified atom stereocenters. The maximum atomic E-state index is 14.1. The highest BCUT2D eigenvalue weighted by Crippen LogP contribution is 2.66. The molecular weight excluding hydrogens is 708 g/mol. The van der Waals surface area contributed by atoms with Crippen LogP contribution in [0.4, 0.5) is 0 Å². The van der Waals surface area contributed by atoms with Gasteiger partial charge in [0.15, 0.2) is 0 Å². The lowest BCUT2D eigenvalue weighted by molar-refractivity contribution is -0.159. The topological polar surface area (TPSA) is 259 Å². The van der Waals surface area contributed by atoms with Crippen LogP contribution in [0.15, 0.2) is 47.0 Å². The maximum absolute atomic E-state index is 14.1. The van der Waals surface area contributed by atoms with Gasteiger partial charge in [-0.3, -0.25) is 25.1 Å². The summed E-state index contributed by atoms with van der Waals surface area (Å²) in [6.45, 7) is 2.07. The number of carbonyl (C=O) groups excluding carboxylic acids is 3. The summed E-state index contributed by atoms with van der Waals surface area (Å²) in [5, 5.41) is 52.7. The van der Waals surface area contributed by atoms with Gasteiger partial charge < -0.3 is 40.9 Å². The molecule has 290 valence electrons. The van der Waals surface area contributed by atoms with Crippen LogP contribution in [-0.2, 0) is 35.1 Å². The number of hydrogen-bond acceptors (Lipinski definition) is 12. The molecule has 2 heterocycles. The zero-order chi connectivity index (χ0) is 38.6. The lowest BCUT2D eigenvalue weighted by atomic mass is 9.60. The van der Waals surface area contributed by atoms with E-state index in [-0.39, 0.29) is 29.7 Å². The molecule has 0 radical (unpaired) electrons. The van der Waals surface area contributed by atoms with E-state index in [1.807, 2.05) is 17.4 Å². The second-order valence-corrected chi connectivity index (χ2v) is 16.0. The SMILES string of the molecule is CCC1([C@]2(SC[C@H](NC(=O)CC[C@@](N)(O)C(=O)O)C(=O)N[C@@H](O)C(=O)O)CC[C@H]3CC(Cc4ccncc4)=C(CCCO)[C@H]4C(=O)OC2=C34)CCCC1. The molecule has 15 nitrogen and oxygen atoms in total. The highest BCUT2D eigenvalue weighted by Gasteiger charge is 2.62. The summed E-state index contributed by atoms with van der Waals surface area (Å²) in [6.07, 6.45) is 8.05. The predicted octanol–water partition coefficient (Wildman–Crippen LogP) is 1.89. The number of carbonyl (C=O) groups is 5. The Morgan fingerprint density at radius 3 is 2.45 bits per heavy atom. The van der Waals surface area contributed by atoms with Crippen LogP contribution in [0, 0.1) is 17.3 Å². The number of amides is 2. The number of allylic oxidation sites excluding steroid dienone is 1. The number of rotatable bonds is 18. The van der Waals surface area contributed by atoms with Crippen LogP contribution in [-0.4, -0.2) is 95.3 Å². The molecular formula is C37H50N4O11S. The van der Waals surface area contributed by atoms with Gasteiger partial charge in [-0.1, -0.05) is 30.9 Å². The van der Waals surface area contributed by atoms with Crippen molar-refractivity contribution in [3.63, 3.8) is 0 Å². The number of carboxylic acids is 2. The van der Waals surface area contributed by atoms with Gasteiger partial charge in [0, 0.05) is 37.6 Å². The molecule has 9 N–H and O–H groups in total. The number of aromatic nitrogens is 1. The molecule has 5 rings (SSSR count). The van der Waals surface area contributed by atoms with Crippen molar-refractivity contribution >= 4 is 41.5 Å². The van der Waals surface area contributed by atoms with Crippen LogP contribution in [0.5, 0.6) is 0 Å². The number of nitrogens with two attached hydrogens (primary N) is 1. The number of esters is 1. The Bertz CT molecular complexity index is 1640. The van der Waals surface area contributed by atoms with Gasteiger partial charge >= 0.3 is 17.9 Å². The Kier molecular flexibility index (Phi) is 12.7. The van der Waals surface area contributed by atoms with Gasteiger partial charge in [-0.15, -0.1) is 11.8 Å². The third-order valence-electron chi connectivity index (χ3n) is 11.6. The Hall–Kier alpha value is -3.83. The van der Waals surface area contributed by atoms with E-state index in [1.165, 1.54) is 11.8 Å². The molecule has 0 spiro atoms. The Morgan fingerprint density at radius 2 is 1.83 bits per heavy atom. The summed E-state index contributed by atoms with van der Waals surface area (Å²) in [5.41, 5.74) is 6.50. The van der Waals surface area contributed by atoms with E-state index in [4.69, 9.17) is 15.6 Å². The van der Waals surface area contributed by atoms with Crippen LogP contribution in [0.1, 0.15) is 89.5 Å². The fourth-order valence-corrected chi connectivity index (χ4v) is 10.7. The van der Waals surface area contributed by atoms with Gasteiger partial charge in [0.2, 0.25) is 23.8 Å². The van der Waals surface area contributed by atoms with E-state index in [1.54, 1.807) is 12.4 Å². The molecule has 2 amide bonds. The van der Waals surface area contributed by atoms with Gasteiger partial charge in [-0.05, 0) is 92.4 Å². The van der Waals surface area contributed by atoms with E-state index in [0.717, 1.165) is 67.2 Å². The summed E-state index contributed by atoms with van der Waals surface area (Å²) < 4.78 is 5.62. The van der Waals surface area contributed by atoms with E-state index in [2.05, 4.69) is 17.2 Å². The number of nitrogens with one attached hydrogen (secondary N) is 2. The molecule has 4 aliphatic rings. The van der Waals surface area contributed by atoms with Gasteiger partial charge in [-0.2, -0.15) is 0 Å². The van der Waals surface area contributed by atoms with Crippen molar-refractivity contribution in [1.82, 2.24) is 15.6 Å². The van der Waals surface area contributed by atoms with Crippen molar-refractivity contribution in [2.45, 2.75) is 113 Å². The van der Waals surface area contributed by atoms with E-state index >= 15 is 0 Å². The first kappa shape index (κ1) is 40.4. The Balaban J connectivity index is 1.53. The first-order chi connectivity index (χ1) is 25.2. The fraction of sp³-hybridized carbons (Fsp3) is 0.622. The second-order valence-electron chi connectivity index (χ2n) is 14.6. The first-order valence-electron chi connectivity index (χ1n) is 18.2. The number of ether oxygens (including phenoxy) is 1. The van der Waals surface area contributed by atoms with Gasteiger partial charge in [0.05, 0.1) is 4.75 Å². The van der Waals surface area contributed by atoms with Crippen LogP contribution in [0.3, 0.4) is 0 Å². The summed E-state index contributed by atoms with van der Waals surface area (Å²) in [5.74, 6) is -5.70. The van der Waals surface area contributed by atoms with Crippen molar-refractivity contribution in [2.24, 2.45) is 23.0 Å². The molecule has 53 heavy (non-hydrogen) atoms. The van der Waals surface area contributed by atoms with E-state index in [9.17, 15) is 44.4 Å². The van der Waals surface area contributed by atoms with Gasteiger partial charge in [0.1, 0.15) is 17.7 Å². The second kappa shape index (κ2) is 16.7. The number of hydrogen-bond donors (Lipinski definition) is 8. The molecule has 1 saturated carbocycles. The molecule has 1 aromatic rings. The lowest BCUT2D eigenvalue weighted by Crippen LogP contribution is -2.55. The summed E-state index contributed by atoms with van der Waals surface area (Å²) >= 11 is 1.38. The lowest BCUT2D eigenvalue weighted by Gasteiger charge is -2.52. The molecule has 0 aromatic carbocycles. The number of carboxylic acid groups (broad SMARTS) is 2. The molecule has 16 heteroatoms. The molecule has 1 fully saturated rings.